The van der Waals surface area contributed by atoms with Crippen molar-refractivity contribution in [2.24, 2.45) is 0 Å². The summed E-state index contributed by atoms with van der Waals surface area (Å²) >= 11 is 5.92. The number of carbonyl (C=O) groups excluding carboxylic acids is 2. The lowest BCUT2D eigenvalue weighted by Gasteiger charge is -2.05. The SMILES string of the molecule is O=C(/C=C/c1c(F)cccc1Cl)c1ccc(OC(=O)c2ccc(F)cc2)cc1. The Hall–Kier alpha value is -3.31. The Balaban J connectivity index is 1.68. The molecule has 0 fully saturated rings. The molecule has 6 heteroatoms. The molecule has 0 aliphatic rings. The fourth-order valence-corrected chi connectivity index (χ4v) is 2.59. The van der Waals surface area contributed by atoms with Crippen LogP contribution >= 0.6 is 11.6 Å². The number of esters is 1. The third-order valence-corrected chi connectivity index (χ3v) is 4.16. The van der Waals surface area contributed by atoms with Crippen LogP contribution in [0.2, 0.25) is 5.02 Å². The van der Waals surface area contributed by atoms with Gasteiger partial charge < -0.3 is 4.74 Å². The molecule has 3 rings (SSSR count). The van der Waals surface area contributed by atoms with Gasteiger partial charge in [0.1, 0.15) is 17.4 Å². The summed E-state index contributed by atoms with van der Waals surface area (Å²) in [4.78, 5) is 24.2. The van der Waals surface area contributed by atoms with Crippen LogP contribution in [0.25, 0.3) is 6.08 Å². The van der Waals surface area contributed by atoms with Crippen molar-refractivity contribution in [2.45, 2.75) is 0 Å². The predicted octanol–water partition coefficient (Wildman–Crippen LogP) is 5.73. The Morgan fingerprint density at radius 2 is 1.50 bits per heavy atom. The van der Waals surface area contributed by atoms with Gasteiger partial charge in [0.2, 0.25) is 0 Å². The van der Waals surface area contributed by atoms with Gasteiger partial charge in [0.05, 0.1) is 10.6 Å². The molecular formula is C22H13ClF2O3. The quantitative estimate of drug-likeness (QED) is 0.238. The van der Waals surface area contributed by atoms with E-state index in [0.717, 1.165) is 12.1 Å². The molecule has 0 unspecified atom stereocenters. The van der Waals surface area contributed by atoms with E-state index in [0.29, 0.717) is 5.56 Å². The van der Waals surface area contributed by atoms with E-state index < -0.39 is 17.6 Å². The summed E-state index contributed by atoms with van der Waals surface area (Å²) < 4.78 is 31.8. The summed E-state index contributed by atoms with van der Waals surface area (Å²) in [5.74, 6) is -1.76. The second kappa shape index (κ2) is 8.59. The molecule has 0 N–H and O–H groups in total. The highest BCUT2D eigenvalue weighted by molar-refractivity contribution is 6.32. The highest BCUT2D eigenvalue weighted by Crippen LogP contribution is 2.21. The predicted molar refractivity (Wildman–Crippen MR) is 103 cm³/mol. The highest BCUT2D eigenvalue weighted by atomic mass is 35.5. The summed E-state index contributed by atoms with van der Waals surface area (Å²) in [5, 5.41) is 0.201. The summed E-state index contributed by atoms with van der Waals surface area (Å²) in [7, 11) is 0. The molecule has 3 aromatic rings. The number of carbonyl (C=O) groups is 2. The van der Waals surface area contributed by atoms with E-state index in [4.69, 9.17) is 16.3 Å². The molecule has 0 aromatic heterocycles. The normalized spacial score (nSPS) is 10.8. The van der Waals surface area contributed by atoms with Crippen molar-refractivity contribution in [3.63, 3.8) is 0 Å². The number of ether oxygens (including phenoxy) is 1. The van der Waals surface area contributed by atoms with Crippen LogP contribution in [0, 0.1) is 11.6 Å². The smallest absolute Gasteiger partial charge is 0.343 e. The van der Waals surface area contributed by atoms with Crippen LogP contribution in [0.4, 0.5) is 8.78 Å². The Morgan fingerprint density at radius 1 is 0.857 bits per heavy atom. The molecule has 3 aromatic carbocycles. The molecule has 0 aliphatic carbocycles. The van der Waals surface area contributed by atoms with Crippen LogP contribution in [0.3, 0.4) is 0 Å². The molecule has 28 heavy (non-hydrogen) atoms. The van der Waals surface area contributed by atoms with E-state index in [2.05, 4.69) is 0 Å². The lowest BCUT2D eigenvalue weighted by Crippen LogP contribution is -2.08. The maximum absolute atomic E-state index is 13.7. The van der Waals surface area contributed by atoms with Gasteiger partial charge in [0.25, 0.3) is 0 Å². The minimum Gasteiger partial charge on any atom is -0.423 e. The van der Waals surface area contributed by atoms with Gasteiger partial charge in [-0.1, -0.05) is 17.7 Å². The van der Waals surface area contributed by atoms with E-state index in [1.165, 1.54) is 66.7 Å². The van der Waals surface area contributed by atoms with E-state index in [-0.39, 0.29) is 27.7 Å². The van der Waals surface area contributed by atoms with Crippen LogP contribution in [-0.4, -0.2) is 11.8 Å². The van der Waals surface area contributed by atoms with Gasteiger partial charge in [0, 0.05) is 11.1 Å². The third kappa shape index (κ3) is 4.69. The molecule has 0 spiro atoms. The number of allylic oxidation sites excluding steroid dienone is 1. The van der Waals surface area contributed by atoms with E-state index in [1.807, 2.05) is 0 Å². The first-order valence-corrected chi connectivity index (χ1v) is 8.56. The standard InChI is InChI=1S/C22H13ClF2O3/c23-19-2-1-3-20(25)18(19)12-13-21(26)14-6-10-17(11-7-14)28-22(27)15-4-8-16(24)9-5-15/h1-13H/b13-12+. The van der Waals surface area contributed by atoms with Crippen molar-refractivity contribution in [2.75, 3.05) is 0 Å². The highest BCUT2D eigenvalue weighted by Gasteiger charge is 2.10. The van der Waals surface area contributed by atoms with E-state index in [1.54, 1.807) is 0 Å². The second-order valence-electron chi connectivity index (χ2n) is 5.75. The van der Waals surface area contributed by atoms with Gasteiger partial charge in [-0.3, -0.25) is 4.79 Å². The maximum Gasteiger partial charge on any atom is 0.343 e. The van der Waals surface area contributed by atoms with E-state index >= 15 is 0 Å². The van der Waals surface area contributed by atoms with Crippen molar-refractivity contribution in [3.05, 3.63) is 106 Å². The zero-order chi connectivity index (χ0) is 20.1. The Morgan fingerprint density at radius 3 is 2.14 bits per heavy atom. The van der Waals surface area contributed by atoms with Crippen molar-refractivity contribution < 1.29 is 23.1 Å². The average molecular weight is 399 g/mol. The zero-order valence-electron chi connectivity index (χ0n) is 14.4. The number of hydrogen-bond acceptors (Lipinski definition) is 3. The molecule has 0 bridgehead atoms. The summed E-state index contributed by atoms with van der Waals surface area (Å²) in [6.45, 7) is 0. The van der Waals surface area contributed by atoms with Gasteiger partial charge in [-0.2, -0.15) is 0 Å². The van der Waals surface area contributed by atoms with Gasteiger partial charge >= 0.3 is 5.97 Å². The number of ketones is 1. The Labute approximate surface area is 164 Å². The monoisotopic (exact) mass is 398 g/mol. The van der Waals surface area contributed by atoms with Crippen molar-refractivity contribution in [3.8, 4) is 5.75 Å². The number of halogens is 3. The molecule has 0 radical (unpaired) electrons. The molecule has 0 aliphatic heterocycles. The Bertz CT molecular complexity index is 1020. The van der Waals surface area contributed by atoms with Crippen LogP contribution < -0.4 is 4.74 Å². The fraction of sp³-hybridized carbons (Fsp3) is 0. The third-order valence-electron chi connectivity index (χ3n) is 3.83. The molecular weight excluding hydrogens is 386 g/mol. The molecule has 140 valence electrons. The number of hydrogen-bond donors (Lipinski definition) is 0. The summed E-state index contributed by atoms with van der Waals surface area (Å²) in [5.41, 5.74) is 0.652. The first-order valence-electron chi connectivity index (χ1n) is 8.18. The van der Waals surface area contributed by atoms with Crippen molar-refractivity contribution >= 4 is 29.4 Å². The van der Waals surface area contributed by atoms with E-state index in [9.17, 15) is 18.4 Å². The van der Waals surface area contributed by atoms with Crippen molar-refractivity contribution in [1.82, 2.24) is 0 Å². The number of rotatable bonds is 5. The van der Waals surface area contributed by atoms with Crippen LogP contribution in [0.5, 0.6) is 5.75 Å². The first-order chi connectivity index (χ1) is 13.4. The topological polar surface area (TPSA) is 43.4 Å². The molecule has 3 nitrogen and oxygen atoms in total. The minimum atomic E-state index is -0.645. The van der Waals surface area contributed by atoms with Crippen LogP contribution in [0.15, 0.2) is 72.8 Å². The summed E-state index contributed by atoms with van der Waals surface area (Å²) in [6.07, 6.45) is 2.52. The molecule has 0 saturated heterocycles. The lowest BCUT2D eigenvalue weighted by atomic mass is 10.1. The Kier molecular flexibility index (Phi) is 5.96. The van der Waals surface area contributed by atoms with Gasteiger partial charge in [-0.15, -0.1) is 0 Å². The molecule has 0 saturated carbocycles. The first kappa shape index (κ1) is 19.5. The zero-order valence-corrected chi connectivity index (χ0v) is 15.1. The molecule has 0 heterocycles. The minimum absolute atomic E-state index is 0.127. The lowest BCUT2D eigenvalue weighted by molar-refractivity contribution is 0.0734. The van der Waals surface area contributed by atoms with Gasteiger partial charge in [-0.25, -0.2) is 13.6 Å². The number of benzene rings is 3. The average Bonchev–Trinajstić information content (AvgIpc) is 2.68. The molecule has 0 amide bonds. The van der Waals surface area contributed by atoms with Crippen LogP contribution in [-0.2, 0) is 0 Å². The van der Waals surface area contributed by atoms with Crippen molar-refractivity contribution in [1.29, 1.82) is 0 Å². The maximum atomic E-state index is 13.7. The summed E-state index contributed by atoms with van der Waals surface area (Å²) in [6, 6.07) is 15.1. The van der Waals surface area contributed by atoms with Gasteiger partial charge in [0.15, 0.2) is 5.78 Å². The van der Waals surface area contributed by atoms with Gasteiger partial charge in [-0.05, 0) is 72.8 Å². The van der Waals surface area contributed by atoms with Crippen LogP contribution in [0.1, 0.15) is 26.3 Å². The second-order valence-corrected chi connectivity index (χ2v) is 6.16. The largest absolute Gasteiger partial charge is 0.423 e. The molecule has 0 atom stereocenters. The fourth-order valence-electron chi connectivity index (χ4n) is 2.36.